The van der Waals surface area contributed by atoms with E-state index in [9.17, 15) is 23.3 Å². The molecular formula is C26H22N2O6S. The summed E-state index contributed by atoms with van der Waals surface area (Å²) in [5, 5.41) is 12.6. The number of fused-ring (bicyclic) bond motifs is 1. The molecule has 0 spiro atoms. The molecule has 4 aromatic rings. The number of non-ortho nitro benzene ring substituents is 1. The highest BCUT2D eigenvalue weighted by molar-refractivity contribution is 7.89. The minimum atomic E-state index is -3.87. The number of nitrogens with one attached hydrogen (secondary N) is 1. The molecule has 35 heavy (non-hydrogen) atoms. The zero-order valence-electron chi connectivity index (χ0n) is 18.7. The Bertz CT molecular complexity index is 1480. The maximum Gasteiger partial charge on any atom is 0.338 e. The molecule has 0 amide bonds. The van der Waals surface area contributed by atoms with Gasteiger partial charge in [0.05, 0.1) is 21.9 Å². The van der Waals surface area contributed by atoms with E-state index in [1.165, 1.54) is 36.4 Å². The summed E-state index contributed by atoms with van der Waals surface area (Å²) in [4.78, 5) is 23.4. The van der Waals surface area contributed by atoms with E-state index in [1.54, 1.807) is 24.3 Å². The molecule has 1 N–H and O–H groups in total. The highest BCUT2D eigenvalue weighted by Crippen LogP contribution is 2.28. The van der Waals surface area contributed by atoms with Crippen molar-refractivity contribution >= 4 is 32.5 Å². The number of nitro groups is 1. The second-order valence-electron chi connectivity index (χ2n) is 7.93. The van der Waals surface area contributed by atoms with Gasteiger partial charge >= 0.3 is 5.97 Å². The molecule has 8 nitrogen and oxygen atoms in total. The quantitative estimate of drug-likeness (QED) is 0.213. The monoisotopic (exact) mass is 490 g/mol. The van der Waals surface area contributed by atoms with Gasteiger partial charge in [-0.15, -0.1) is 0 Å². The van der Waals surface area contributed by atoms with Gasteiger partial charge in [-0.3, -0.25) is 10.1 Å². The van der Waals surface area contributed by atoms with Crippen molar-refractivity contribution in [2.45, 2.75) is 17.9 Å². The van der Waals surface area contributed by atoms with Gasteiger partial charge in [0.2, 0.25) is 10.0 Å². The number of hydrogen-bond acceptors (Lipinski definition) is 6. The Kier molecular flexibility index (Phi) is 6.90. The van der Waals surface area contributed by atoms with Gasteiger partial charge < -0.3 is 4.74 Å². The van der Waals surface area contributed by atoms with Crippen molar-refractivity contribution in [3.05, 3.63) is 118 Å². The molecule has 0 aliphatic heterocycles. The Morgan fingerprint density at radius 3 is 2.29 bits per heavy atom. The van der Waals surface area contributed by atoms with Gasteiger partial charge in [-0.2, -0.15) is 0 Å². The molecule has 4 aromatic carbocycles. The molecule has 0 heterocycles. The molecule has 4 rings (SSSR count). The predicted octanol–water partition coefficient (Wildman–Crippen LogP) is 4.93. The molecule has 0 radical (unpaired) electrons. The molecule has 0 bridgehead atoms. The molecule has 9 heteroatoms. The van der Waals surface area contributed by atoms with E-state index in [1.807, 2.05) is 37.3 Å². The Morgan fingerprint density at radius 2 is 1.60 bits per heavy atom. The third-order valence-corrected chi connectivity index (χ3v) is 6.96. The highest BCUT2D eigenvalue weighted by Gasteiger charge is 2.24. The van der Waals surface area contributed by atoms with E-state index < -0.39 is 27.0 Å². The van der Waals surface area contributed by atoms with Gasteiger partial charge in [0.15, 0.2) is 0 Å². The van der Waals surface area contributed by atoms with Crippen LogP contribution in [0.4, 0.5) is 5.69 Å². The maximum atomic E-state index is 12.9. The first kappa shape index (κ1) is 24.1. The lowest BCUT2D eigenvalue weighted by Crippen LogP contribution is -2.30. The second-order valence-corrected chi connectivity index (χ2v) is 9.70. The molecule has 0 fully saturated rings. The van der Waals surface area contributed by atoms with Crippen LogP contribution in [0.1, 0.15) is 27.6 Å². The topological polar surface area (TPSA) is 116 Å². The van der Waals surface area contributed by atoms with Crippen LogP contribution < -0.4 is 4.72 Å². The lowest BCUT2D eigenvalue weighted by molar-refractivity contribution is -0.384. The van der Waals surface area contributed by atoms with Crippen molar-refractivity contribution in [1.29, 1.82) is 0 Å². The van der Waals surface area contributed by atoms with Crippen LogP contribution >= 0.6 is 0 Å². The zero-order valence-corrected chi connectivity index (χ0v) is 19.6. The SMILES string of the molecule is Cc1ccc(S(=O)(=O)NCC(OC(=O)c2ccc([N+](=O)[O-])cc2)c2cccc3ccccc23)cc1. The summed E-state index contributed by atoms with van der Waals surface area (Å²) in [5.41, 5.74) is 1.51. The van der Waals surface area contributed by atoms with Crippen molar-refractivity contribution in [2.24, 2.45) is 0 Å². The van der Waals surface area contributed by atoms with Gasteiger partial charge in [-0.1, -0.05) is 60.2 Å². The minimum Gasteiger partial charge on any atom is -0.452 e. The number of rotatable bonds is 8. The molecule has 0 saturated carbocycles. The Labute approximate surface area is 202 Å². The summed E-state index contributed by atoms with van der Waals surface area (Å²) >= 11 is 0. The minimum absolute atomic E-state index is 0.0986. The fourth-order valence-corrected chi connectivity index (χ4v) is 4.68. The van der Waals surface area contributed by atoms with Crippen molar-refractivity contribution in [3.8, 4) is 0 Å². The van der Waals surface area contributed by atoms with Gasteiger partial charge in [-0.05, 0) is 42.0 Å². The lowest BCUT2D eigenvalue weighted by atomic mass is 10.0. The van der Waals surface area contributed by atoms with Crippen LogP contribution in [0, 0.1) is 17.0 Å². The number of benzene rings is 4. The maximum absolute atomic E-state index is 12.9. The molecule has 0 aliphatic rings. The van der Waals surface area contributed by atoms with E-state index in [4.69, 9.17) is 4.74 Å². The van der Waals surface area contributed by atoms with Crippen LogP contribution in [0.2, 0.25) is 0 Å². The molecule has 1 unspecified atom stereocenters. The Morgan fingerprint density at radius 1 is 0.943 bits per heavy atom. The van der Waals surface area contributed by atoms with Crippen LogP contribution in [0.5, 0.6) is 0 Å². The number of nitro benzene ring substituents is 1. The molecule has 0 aromatic heterocycles. The molecular weight excluding hydrogens is 468 g/mol. The number of carbonyl (C=O) groups excluding carboxylic acids is 1. The van der Waals surface area contributed by atoms with Gasteiger partial charge in [0, 0.05) is 17.7 Å². The summed E-state index contributed by atoms with van der Waals surface area (Å²) in [5.74, 6) is -0.729. The van der Waals surface area contributed by atoms with E-state index in [-0.39, 0.29) is 22.7 Å². The van der Waals surface area contributed by atoms with Crippen molar-refractivity contribution < 1.29 is 22.9 Å². The van der Waals surface area contributed by atoms with E-state index in [2.05, 4.69) is 4.72 Å². The van der Waals surface area contributed by atoms with E-state index in [0.717, 1.165) is 16.3 Å². The third-order valence-electron chi connectivity index (χ3n) is 5.52. The lowest BCUT2D eigenvalue weighted by Gasteiger charge is -2.21. The van der Waals surface area contributed by atoms with Crippen LogP contribution in [0.15, 0.2) is 95.9 Å². The number of aryl methyl sites for hydroxylation is 1. The molecule has 0 saturated heterocycles. The summed E-state index contributed by atoms with van der Waals surface area (Å²) in [6.07, 6.45) is -0.955. The number of carbonyl (C=O) groups is 1. The summed E-state index contributed by atoms with van der Waals surface area (Å²) in [6.45, 7) is 1.65. The number of hydrogen-bond donors (Lipinski definition) is 1. The first-order chi connectivity index (χ1) is 16.7. The fraction of sp³-hybridized carbons (Fsp3) is 0.115. The smallest absolute Gasteiger partial charge is 0.338 e. The average molecular weight is 491 g/mol. The third kappa shape index (κ3) is 5.53. The highest BCUT2D eigenvalue weighted by atomic mass is 32.2. The van der Waals surface area contributed by atoms with Crippen molar-refractivity contribution in [3.63, 3.8) is 0 Å². The number of nitrogens with zero attached hydrogens (tertiary/aromatic N) is 1. The van der Waals surface area contributed by atoms with Crippen LogP contribution in [-0.4, -0.2) is 25.9 Å². The molecule has 0 aliphatic carbocycles. The Balaban J connectivity index is 1.64. The van der Waals surface area contributed by atoms with Crippen LogP contribution in [0.25, 0.3) is 10.8 Å². The van der Waals surface area contributed by atoms with Gasteiger partial charge in [0.25, 0.3) is 5.69 Å². The fourth-order valence-electron chi connectivity index (χ4n) is 3.65. The predicted molar refractivity (Wildman–Crippen MR) is 132 cm³/mol. The van der Waals surface area contributed by atoms with Gasteiger partial charge in [-0.25, -0.2) is 17.9 Å². The Hall–Kier alpha value is -4.08. The van der Waals surface area contributed by atoms with Crippen molar-refractivity contribution in [1.82, 2.24) is 4.72 Å². The van der Waals surface area contributed by atoms with E-state index in [0.29, 0.717) is 5.56 Å². The second kappa shape index (κ2) is 10.0. The largest absolute Gasteiger partial charge is 0.452 e. The summed E-state index contributed by atoms with van der Waals surface area (Å²) < 4.78 is 34.1. The summed E-state index contributed by atoms with van der Waals surface area (Å²) in [7, 11) is -3.87. The first-order valence-corrected chi connectivity index (χ1v) is 12.2. The standard InChI is InChI=1S/C26H22N2O6S/c1-18-9-15-22(16-10-18)35(32,33)27-17-25(24-8-4-6-19-5-2-3-7-23(19)24)34-26(29)20-11-13-21(14-12-20)28(30)31/h2-16,25,27H,17H2,1H3. The number of sulfonamides is 1. The van der Waals surface area contributed by atoms with E-state index >= 15 is 0 Å². The van der Waals surface area contributed by atoms with Crippen LogP contribution in [-0.2, 0) is 14.8 Å². The van der Waals surface area contributed by atoms with Crippen LogP contribution in [0.3, 0.4) is 0 Å². The number of esters is 1. The average Bonchev–Trinajstić information content (AvgIpc) is 2.86. The zero-order chi connectivity index (χ0) is 25.0. The molecule has 1 atom stereocenters. The van der Waals surface area contributed by atoms with Gasteiger partial charge in [0.1, 0.15) is 6.10 Å². The summed E-state index contributed by atoms with van der Waals surface area (Å²) in [6, 6.07) is 24.4. The first-order valence-electron chi connectivity index (χ1n) is 10.7. The number of ether oxygens (including phenoxy) is 1. The molecule has 178 valence electrons. The normalized spacial score (nSPS) is 12.3. The van der Waals surface area contributed by atoms with Crippen molar-refractivity contribution in [2.75, 3.05) is 6.54 Å².